The van der Waals surface area contributed by atoms with Crippen LogP contribution in [0, 0.1) is 5.41 Å². The van der Waals surface area contributed by atoms with Crippen molar-refractivity contribution in [2.24, 2.45) is 5.41 Å². The number of nitrogens with zero attached hydrogens (tertiary/aromatic N) is 2. The maximum Gasteiger partial charge on any atom is 0.275 e. The number of amides is 1. The summed E-state index contributed by atoms with van der Waals surface area (Å²) in [6.45, 7) is 4.32. The number of carbonyl (C=O) groups excluding carboxylic acids is 1. The van der Waals surface area contributed by atoms with Crippen LogP contribution in [0.4, 0.5) is 0 Å². The van der Waals surface area contributed by atoms with Crippen LogP contribution in [0.2, 0.25) is 0 Å². The molecule has 0 radical (unpaired) electrons. The molecule has 1 fully saturated rings. The van der Waals surface area contributed by atoms with Crippen LogP contribution >= 0.6 is 11.8 Å². The number of thioether (sulfide) groups is 1. The fraction of sp³-hybridized carbons (Fsp3) is 0.444. The van der Waals surface area contributed by atoms with Gasteiger partial charge in [0.05, 0.1) is 13.2 Å². The van der Waals surface area contributed by atoms with Crippen molar-refractivity contribution in [3.8, 4) is 5.75 Å². The van der Waals surface area contributed by atoms with E-state index in [2.05, 4.69) is 12.1 Å². The van der Waals surface area contributed by atoms with E-state index in [-0.39, 0.29) is 17.9 Å². The highest BCUT2D eigenvalue weighted by molar-refractivity contribution is 7.98. The lowest BCUT2D eigenvalue weighted by molar-refractivity contribution is -0.109. The maximum absolute atomic E-state index is 12.5. The van der Waals surface area contributed by atoms with Crippen LogP contribution in [0.15, 0.2) is 39.8 Å². The van der Waals surface area contributed by atoms with E-state index in [4.69, 9.17) is 14.0 Å². The standard InChI is InChI=1S/C18H22N2O4S/c1-18(11-22-12-18)10-20(2)17(21)14-8-13(24-19-14)9-23-15-6-4-5-7-16(15)25-3/h4-8H,9-12H2,1-3H3. The molecule has 134 valence electrons. The number of rotatable bonds is 7. The van der Waals surface area contributed by atoms with Gasteiger partial charge < -0.3 is 18.9 Å². The number of aromatic nitrogens is 1. The van der Waals surface area contributed by atoms with Gasteiger partial charge in [-0.15, -0.1) is 11.8 Å². The third-order valence-electron chi connectivity index (χ3n) is 4.08. The quantitative estimate of drug-likeness (QED) is 0.705. The average molecular weight is 362 g/mol. The molecule has 0 saturated carbocycles. The monoisotopic (exact) mass is 362 g/mol. The molecule has 1 saturated heterocycles. The summed E-state index contributed by atoms with van der Waals surface area (Å²) in [7, 11) is 1.77. The lowest BCUT2D eigenvalue weighted by Crippen LogP contribution is -2.49. The number of ether oxygens (including phenoxy) is 2. The van der Waals surface area contributed by atoms with Crippen molar-refractivity contribution >= 4 is 17.7 Å². The summed E-state index contributed by atoms with van der Waals surface area (Å²) in [6, 6.07) is 9.43. The van der Waals surface area contributed by atoms with E-state index in [1.807, 2.05) is 30.5 Å². The van der Waals surface area contributed by atoms with E-state index in [1.54, 1.807) is 29.8 Å². The van der Waals surface area contributed by atoms with Crippen LogP contribution in [-0.4, -0.2) is 49.0 Å². The molecule has 6 nitrogen and oxygen atoms in total. The second-order valence-corrected chi connectivity index (χ2v) is 7.43. The Labute approximate surface area is 151 Å². The summed E-state index contributed by atoms with van der Waals surface area (Å²) >= 11 is 1.62. The van der Waals surface area contributed by atoms with Gasteiger partial charge in [0.25, 0.3) is 5.91 Å². The van der Waals surface area contributed by atoms with Gasteiger partial charge in [-0.1, -0.05) is 24.2 Å². The van der Waals surface area contributed by atoms with Gasteiger partial charge in [0, 0.05) is 30.0 Å². The molecule has 1 aromatic carbocycles. The first kappa shape index (κ1) is 17.8. The second kappa shape index (κ2) is 7.49. The van der Waals surface area contributed by atoms with Crippen molar-refractivity contribution in [2.75, 3.05) is 33.1 Å². The summed E-state index contributed by atoms with van der Waals surface area (Å²) in [4.78, 5) is 15.2. The van der Waals surface area contributed by atoms with E-state index < -0.39 is 0 Å². The Morgan fingerprint density at radius 2 is 2.16 bits per heavy atom. The van der Waals surface area contributed by atoms with Gasteiger partial charge in [-0.25, -0.2) is 0 Å². The zero-order chi connectivity index (χ0) is 17.9. The van der Waals surface area contributed by atoms with Gasteiger partial charge in [-0.2, -0.15) is 0 Å². The molecule has 0 unspecified atom stereocenters. The van der Waals surface area contributed by atoms with Crippen molar-refractivity contribution in [1.82, 2.24) is 10.1 Å². The van der Waals surface area contributed by atoms with Crippen molar-refractivity contribution in [3.05, 3.63) is 41.8 Å². The van der Waals surface area contributed by atoms with Gasteiger partial charge in [0.15, 0.2) is 11.5 Å². The van der Waals surface area contributed by atoms with Crippen LogP contribution in [0.3, 0.4) is 0 Å². The third kappa shape index (κ3) is 4.16. The molecule has 1 aromatic heterocycles. The smallest absolute Gasteiger partial charge is 0.275 e. The predicted octanol–water partition coefficient (Wildman–Crippen LogP) is 3.08. The second-order valence-electron chi connectivity index (χ2n) is 6.58. The van der Waals surface area contributed by atoms with Crippen LogP contribution in [0.25, 0.3) is 0 Å². The molecule has 25 heavy (non-hydrogen) atoms. The Morgan fingerprint density at radius 3 is 2.84 bits per heavy atom. The molecule has 0 bridgehead atoms. The Bertz CT molecular complexity index is 742. The number of hydrogen-bond acceptors (Lipinski definition) is 6. The summed E-state index contributed by atoms with van der Waals surface area (Å²) in [6.07, 6.45) is 2.00. The van der Waals surface area contributed by atoms with Crippen molar-refractivity contribution in [2.45, 2.75) is 18.4 Å². The Hall–Kier alpha value is -1.99. The Kier molecular flexibility index (Phi) is 5.34. The summed E-state index contributed by atoms with van der Waals surface area (Å²) in [5, 5.41) is 3.88. The summed E-state index contributed by atoms with van der Waals surface area (Å²) < 4.78 is 16.3. The molecule has 3 rings (SSSR count). The molecule has 0 atom stereocenters. The Morgan fingerprint density at radius 1 is 1.40 bits per heavy atom. The van der Waals surface area contributed by atoms with Gasteiger partial charge in [0.1, 0.15) is 12.4 Å². The SMILES string of the molecule is CSc1ccccc1OCc1cc(C(=O)N(C)CC2(C)COC2)no1. The number of hydrogen-bond donors (Lipinski definition) is 0. The lowest BCUT2D eigenvalue weighted by Gasteiger charge is -2.40. The maximum atomic E-state index is 12.5. The highest BCUT2D eigenvalue weighted by Gasteiger charge is 2.36. The van der Waals surface area contributed by atoms with Crippen molar-refractivity contribution < 1.29 is 18.8 Å². The van der Waals surface area contributed by atoms with Gasteiger partial charge in [0.2, 0.25) is 0 Å². The molecule has 7 heteroatoms. The highest BCUT2D eigenvalue weighted by atomic mass is 32.2. The zero-order valence-electron chi connectivity index (χ0n) is 14.7. The van der Waals surface area contributed by atoms with Crippen molar-refractivity contribution in [1.29, 1.82) is 0 Å². The summed E-state index contributed by atoms with van der Waals surface area (Å²) in [5.41, 5.74) is 0.324. The topological polar surface area (TPSA) is 64.8 Å². The number of para-hydroxylation sites is 1. The normalized spacial score (nSPS) is 15.5. The minimum atomic E-state index is -0.160. The number of benzene rings is 1. The highest BCUT2D eigenvalue weighted by Crippen LogP contribution is 2.28. The van der Waals surface area contributed by atoms with Crippen LogP contribution in [-0.2, 0) is 11.3 Å². The van der Waals surface area contributed by atoms with Gasteiger partial charge >= 0.3 is 0 Å². The van der Waals surface area contributed by atoms with E-state index in [0.717, 1.165) is 10.6 Å². The van der Waals surface area contributed by atoms with Crippen LogP contribution < -0.4 is 4.74 Å². The molecule has 0 N–H and O–H groups in total. The molecule has 2 heterocycles. The third-order valence-corrected chi connectivity index (χ3v) is 4.86. The zero-order valence-corrected chi connectivity index (χ0v) is 15.5. The molecule has 2 aromatic rings. The van der Waals surface area contributed by atoms with E-state index in [9.17, 15) is 4.79 Å². The molecular formula is C18H22N2O4S. The van der Waals surface area contributed by atoms with Crippen molar-refractivity contribution in [3.63, 3.8) is 0 Å². The van der Waals surface area contributed by atoms with Crippen LogP contribution in [0.5, 0.6) is 5.75 Å². The molecule has 0 aliphatic carbocycles. The predicted molar refractivity (Wildman–Crippen MR) is 94.9 cm³/mol. The lowest BCUT2D eigenvalue weighted by atomic mass is 9.88. The molecule has 1 amide bonds. The Balaban J connectivity index is 1.59. The van der Waals surface area contributed by atoms with Gasteiger partial charge in [-0.3, -0.25) is 4.79 Å². The first-order valence-electron chi connectivity index (χ1n) is 8.05. The average Bonchev–Trinajstić information content (AvgIpc) is 3.07. The fourth-order valence-corrected chi connectivity index (χ4v) is 3.29. The molecule has 0 spiro atoms. The van der Waals surface area contributed by atoms with Crippen LogP contribution in [0.1, 0.15) is 23.2 Å². The largest absolute Gasteiger partial charge is 0.484 e. The molecular weight excluding hydrogens is 340 g/mol. The van der Waals surface area contributed by atoms with E-state index >= 15 is 0 Å². The first-order chi connectivity index (χ1) is 12.0. The van der Waals surface area contributed by atoms with E-state index in [0.29, 0.717) is 31.2 Å². The van der Waals surface area contributed by atoms with Gasteiger partial charge in [-0.05, 0) is 18.4 Å². The fourth-order valence-electron chi connectivity index (χ4n) is 2.75. The minimum absolute atomic E-state index is 0.0294. The van der Waals surface area contributed by atoms with E-state index in [1.165, 1.54) is 0 Å². The first-order valence-corrected chi connectivity index (χ1v) is 9.28. The number of carbonyl (C=O) groups is 1. The minimum Gasteiger partial charge on any atom is -0.484 e. The molecule has 1 aliphatic rings. The summed E-state index contributed by atoms with van der Waals surface area (Å²) in [5.74, 6) is 1.15. The molecule has 1 aliphatic heterocycles.